The van der Waals surface area contributed by atoms with E-state index in [1.165, 1.54) is 11.8 Å². The second-order valence-corrected chi connectivity index (χ2v) is 6.11. The van der Waals surface area contributed by atoms with E-state index in [1.807, 2.05) is 16.8 Å². The Bertz CT molecular complexity index is 469. The molecule has 2 atom stereocenters. The van der Waals surface area contributed by atoms with Gasteiger partial charge < -0.3 is 15.3 Å². The quantitative estimate of drug-likeness (QED) is 0.822. The Labute approximate surface area is 122 Å². The molecule has 2 N–H and O–H groups in total. The van der Waals surface area contributed by atoms with Crippen LogP contribution in [-0.4, -0.2) is 41.0 Å². The van der Waals surface area contributed by atoms with E-state index in [2.05, 4.69) is 5.32 Å². The van der Waals surface area contributed by atoms with Crippen LogP contribution in [0.3, 0.4) is 0 Å². The molecule has 1 saturated carbocycles. The molecule has 20 heavy (non-hydrogen) atoms. The summed E-state index contributed by atoms with van der Waals surface area (Å²) in [4.78, 5) is 25.7. The first-order valence-electron chi connectivity index (χ1n) is 6.73. The van der Waals surface area contributed by atoms with Crippen LogP contribution in [0.5, 0.6) is 0 Å². The number of hydrogen-bond acceptors (Lipinski definition) is 4. The van der Waals surface area contributed by atoms with Crippen LogP contribution in [0.4, 0.5) is 0 Å². The van der Waals surface area contributed by atoms with Gasteiger partial charge in [-0.1, -0.05) is 0 Å². The number of likely N-dealkylation sites (N-methyl/N-ethyl adjacent to an activating group) is 1. The van der Waals surface area contributed by atoms with Crippen LogP contribution >= 0.6 is 11.3 Å². The van der Waals surface area contributed by atoms with E-state index in [9.17, 15) is 14.7 Å². The maximum atomic E-state index is 12.3. The van der Waals surface area contributed by atoms with Crippen molar-refractivity contribution in [3.05, 3.63) is 22.4 Å². The first-order valence-corrected chi connectivity index (χ1v) is 7.68. The molecule has 0 saturated heterocycles. The lowest BCUT2D eigenvalue weighted by Gasteiger charge is -2.26. The SMILES string of the molecule is CC(O)C(NC(=O)C1CC1)C(=O)N(C)Cc1ccsc1. The van der Waals surface area contributed by atoms with Crippen molar-refractivity contribution in [2.75, 3.05) is 7.05 Å². The number of rotatable bonds is 6. The molecule has 6 heteroatoms. The molecular formula is C14H20N2O3S. The number of nitrogens with one attached hydrogen (secondary N) is 1. The third-order valence-electron chi connectivity index (χ3n) is 3.37. The van der Waals surface area contributed by atoms with Gasteiger partial charge in [0.25, 0.3) is 0 Å². The molecule has 1 aromatic heterocycles. The minimum absolute atomic E-state index is 0.0197. The Morgan fingerprint density at radius 3 is 2.75 bits per heavy atom. The summed E-state index contributed by atoms with van der Waals surface area (Å²) in [5.41, 5.74) is 1.05. The lowest BCUT2D eigenvalue weighted by Crippen LogP contribution is -2.53. The van der Waals surface area contributed by atoms with E-state index in [0.717, 1.165) is 18.4 Å². The minimum atomic E-state index is -0.907. The number of aliphatic hydroxyl groups excluding tert-OH is 1. The molecule has 0 aliphatic heterocycles. The van der Waals surface area contributed by atoms with Gasteiger partial charge in [0.15, 0.2) is 0 Å². The van der Waals surface area contributed by atoms with Crippen LogP contribution in [0.15, 0.2) is 16.8 Å². The molecule has 0 bridgehead atoms. The summed E-state index contributed by atoms with van der Waals surface area (Å²) in [7, 11) is 1.68. The highest BCUT2D eigenvalue weighted by Gasteiger charge is 2.35. The molecule has 1 heterocycles. The molecule has 5 nitrogen and oxygen atoms in total. The Kier molecular flexibility index (Phi) is 4.77. The fraction of sp³-hybridized carbons (Fsp3) is 0.571. The fourth-order valence-electron chi connectivity index (χ4n) is 1.98. The number of hydrogen-bond donors (Lipinski definition) is 2. The number of amides is 2. The van der Waals surface area contributed by atoms with Gasteiger partial charge in [-0.3, -0.25) is 9.59 Å². The average molecular weight is 296 g/mol. The highest BCUT2D eigenvalue weighted by atomic mass is 32.1. The van der Waals surface area contributed by atoms with Crippen molar-refractivity contribution in [1.82, 2.24) is 10.2 Å². The summed E-state index contributed by atoms with van der Waals surface area (Å²) in [6.07, 6.45) is 0.837. The number of carbonyl (C=O) groups is 2. The number of carbonyl (C=O) groups excluding carboxylic acids is 2. The van der Waals surface area contributed by atoms with Gasteiger partial charge in [0, 0.05) is 19.5 Å². The van der Waals surface area contributed by atoms with E-state index in [0.29, 0.717) is 6.54 Å². The monoisotopic (exact) mass is 296 g/mol. The van der Waals surface area contributed by atoms with Crippen LogP contribution in [-0.2, 0) is 16.1 Å². The van der Waals surface area contributed by atoms with Crippen LogP contribution < -0.4 is 5.32 Å². The Morgan fingerprint density at radius 2 is 2.25 bits per heavy atom. The van der Waals surface area contributed by atoms with Crippen molar-refractivity contribution in [2.45, 2.75) is 38.5 Å². The number of aliphatic hydroxyl groups is 1. The number of thiophene rings is 1. The summed E-state index contributed by atoms with van der Waals surface area (Å²) in [6.45, 7) is 2.00. The fourth-order valence-corrected chi connectivity index (χ4v) is 2.64. The maximum absolute atomic E-state index is 12.3. The summed E-state index contributed by atoms with van der Waals surface area (Å²) >= 11 is 1.57. The Balaban J connectivity index is 1.96. The standard InChI is InChI=1S/C14H20N2O3S/c1-9(17)12(15-13(18)11-3-4-11)14(19)16(2)7-10-5-6-20-8-10/h5-6,8-9,11-12,17H,3-4,7H2,1-2H3,(H,15,18). The van der Waals surface area contributed by atoms with Crippen LogP contribution in [0.25, 0.3) is 0 Å². The molecule has 1 fully saturated rings. The molecule has 2 unspecified atom stereocenters. The van der Waals surface area contributed by atoms with Gasteiger partial charge in [-0.2, -0.15) is 11.3 Å². The van der Waals surface area contributed by atoms with E-state index in [-0.39, 0.29) is 17.7 Å². The van der Waals surface area contributed by atoms with Crippen molar-refractivity contribution >= 4 is 23.2 Å². The van der Waals surface area contributed by atoms with Gasteiger partial charge in [0.05, 0.1) is 6.10 Å². The molecular weight excluding hydrogens is 276 g/mol. The van der Waals surface area contributed by atoms with E-state index in [1.54, 1.807) is 18.4 Å². The maximum Gasteiger partial charge on any atom is 0.247 e. The molecule has 2 rings (SSSR count). The first-order chi connectivity index (χ1) is 9.49. The van der Waals surface area contributed by atoms with E-state index in [4.69, 9.17) is 0 Å². The molecule has 110 valence electrons. The van der Waals surface area contributed by atoms with Crippen molar-refractivity contribution in [3.8, 4) is 0 Å². The Morgan fingerprint density at radius 1 is 1.55 bits per heavy atom. The van der Waals surface area contributed by atoms with E-state index >= 15 is 0 Å². The summed E-state index contributed by atoms with van der Waals surface area (Å²) in [6, 6.07) is 1.08. The zero-order valence-corrected chi connectivity index (χ0v) is 12.5. The molecule has 1 aliphatic rings. The summed E-state index contributed by atoms with van der Waals surface area (Å²) in [5.74, 6) is -0.375. The summed E-state index contributed by atoms with van der Waals surface area (Å²) < 4.78 is 0. The lowest BCUT2D eigenvalue weighted by atomic mass is 10.1. The van der Waals surface area contributed by atoms with Crippen molar-refractivity contribution in [2.24, 2.45) is 5.92 Å². The van der Waals surface area contributed by atoms with Crippen molar-refractivity contribution < 1.29 is 14.7 Å². The van der Waals surface area contributed by atoms with E-state index < -0.39 is 12.1 Å². The van der Waals surface area contributed by atoms with Gasteiger partial charge in [-0.05, 0) is 42.2 Å². The lowest BCUT2D eigenvalue weighted by molar-refractivity contribution is -0.139. The van der Waals surface area contributed by atoms with Gasteiger partial charge in [-0.25, -0.2) is 0 Å². The first kappa shape index (κ1) is 15.0. The highest BCUT2D eigenvalue weighted by molar-refractivity contribution is 7.07. The van der Waals surface area contributed by atoms with Gasteiger partial charge in [-0.15, -0.1) is 0 Å². The summed E-state index contributed by atoms with van der Waals surface area (Å²) in [5, 5.41) is 16.3. The third-order valence-corrected chi connectivity index (χ3v) is 4.10. The van der Waals surface area contributed by atoms with Crippen molar-refractivity contribution in [3.63, 3.8) is 0 Å². The van der Waals surface area contributed by atoms with Crippen LogP contribution in [0.2, 0.25) is 0 Å². The largest absolute Gasteiger partial charge is 0.391 e. The predicted molar refractivity (Wildman–Crippen MR) is 77.1 cm³/mol. The normalized spacial score (nSPS) is 17.4. The van der Waals surface area contributed by atoms with Crippen molar-refractivity contribution in [1.29, 1.82) is 0 Å². The smallest absolute Gasteiger partial charge is 0.247 e. The van der Waals surface area contributed by atoms with Crippen LogP contribution in [0, 0.1) is 5.92 Å². The van der Waals surface area contributed by atoms with Gasteiger partial charge in [0.1, 0.15) is 6.04 Å². The van der Waals surface area contributed by atoms with Gasteiger partial charge >= 0.3 is 0 Å². The second kappa shape index (κ2) is 6.37. The average Bonchev–Trinajstić information content (AvgIpc) is 3.14. The Hall–Kier alpha value is -1.40. The molecule has 0 spiro atoms. The second-order valence-electron chi connectivity index (χ2n) is 5.33. The molecule has 0 aromatic carbocycles. The molecule has 1 aliphatic carbocycles. The zero-order valence-electron chi connectivity index (χ0n) is 11.7. The van der Waals surface area contributed by atoms with Gasteiger partial charge in [0.2, 0.25) is 11.8 Å². The minimum Gasteiger partial charge on any atom is -0.391 e. The predicted octanol–water partition coefficient (Wildman–Crippen LogP) is 0.982. The molecule has 1 aromatic rings. The zero-order chi connectivity index (χ0) is 14.7. The third kappa shape index (κ3) is 3.80. The van der Waals surface area contributed by atoms with Crippen LogP contribution in [0.1, 0.15) is 25.3 Å². The molecule has 0 radical (unpaired) electrons. The number of nitrogens with zero attached hydrogens (tertiary/aromatic N) is 1. The topological polar surface area (TPSA) is 69.6 Å². The molecule has 2 amide bonds. The highest BCUT2D eigenvalue weighted by Crippen LogP contribution is 2.29.